The highest BCUT2D eigenvalue weighted by atomic mass is 35.5. The van der Waals surface area contributed by atoms with E-state index in [1.807, 2.05) is 13.8 Å². The number of hydrogen-bond donors (Lipinski definition) is 15. The van der Waals surface area contributed by atoms with Crippen molar-refractivity contribution in [2.24, 2.45) is 34.8 Å². The van der Waals surface area contributed by atoms with Crippen molar-refractivity contribution in [3.63, 3.8) is 0 Å². The second-order valence-corrected chi connectivity index (χ2v) is 23.8. The highest BCUT2D eigenvalue weighted by Gasteiger charge is 2.36. The van der Waals surface area contributed by atoms with Gasteiger partial charge in [0.05, 0.1) is 41.3 Å². The number of nitrogens with one attached hydrogen (secondary N) is 8. The summed E-state index contributed by atoms with van der Waals surface area (Å²) in [7, 11) is -1.43. The minimum absolute atomic E-state index is 0.0317. The second kappa shape index (κ2) is 35.4. The fourth-order valence-electron chi connectivity index (χ4n) is 7.76. The van der Waals surface area contributed by atoms with Gasteiger partial charge in [-0.15, -0.1) is 22.7 Å². The molecular weight excluding hydrogens is 1120 g/mol. The third-order valence-electron chi connectivity index (χ3n) is 12.4. The van der Waals surface area contributed by atoms with E-state index < -0.39 is 101 Å². The summed E-state index contributed by atoms with van der Waals surface area (Å²) in [6.45, 7) is 12.3. The number of amides is 7. The van der Waals surface area contributed by atoms with E-state index in [0.717, 1.165) is 51.9 Å². The van der Waals surface area contributed by atoms with E-state index in [4.69, 9.17) is 40.3 Å². The van der Waals surface area contributed by atoms with Gasteiger partial charge in [-0.1, -0.05) is 32.4 Å². The fraction of sp³-hybridized carbons (Fsp3) is 0.653. The third kappa shape index (κ3) is 23.6. The summed E-state index contributed by atoms with van der Waals surface area (Å²) in [5.74, 6) is -6.99. The van der Waals surface area contributed by atoms with E-state index in [9.17, 15) is 48.0 Å². The average Bonchev–Trinajstić information content (AvgIpc) is 4.09. The van der Waals surface area contributed by atoms with Crippen molar-refractivity contribution in [2.45, 2.75) is 128 Å². The van der Waals surface area contributed by atoms with Crippen LogP contribution in [-0.4, -0.2) is 176 Å². The van der Waals surface area contributed by atoms with Gasteiger partial charge in [0.2, 0.25) is 29.5 Å². The number of halogens is 1. The van der Waals surface area contributed by atoms with Gasteiger partial charge in [0.15, 0.2) is 0 Å². The van der Waals surface area contributed by atoms with Crippen molar-refractivity contribution in [1.82, 2.24) is 62.5 Å². The number of unbranched alkanes of at least 4 members (excludes halogenated alkanes) is 1. The number of thiazole rings is 2. The molecule has 3 aromatic rings. The number of anilines is 1. The summed E-state index contributed by atoms with van der Waals surface area (Å²) in [5, 5.41) is 48.0. The minimum atomic E-state index is -1.57. The zero-order valence-electron chi connectivity index (χ0n) is 46.2. The van der Waals surface area contributed by atoms with Crippen molar-refractivity contribution in [2.75, 3.05) is 70.1 Å². The molecule has 0 aliphatic rings. The van der Waals surface area contributed by atoms with Crippen LogP contribution in [0.1, 0.15) is 116 Å². The summed E-state index contributed by atoms with van der Waals surface area (Å²) in [6, 6.07) is -6.17. The highest BCUT2D eigenvalue weighted by Crippen LogP contribution is 2.34. The van der Waals surface area contributed by atoms with Crippen LogP contribution in [-0.2, 0) is 41.2 Å². The Kier molecular flexibility index (Phi) is 30.5. The molecule has 0 aromatic carbocycles. The molecule has 31 heteroatoms. The van der Waals surface area contributed by atoms with Gasteiger partial charge >= 0.3 is 0 Å². The maximum Gasteiger partial charge on any atom is 0.271 e. The fourth-order valence-corrected chi connectivity index (χ4v) is 10.4. The molecule has 7 amide bonds. The number of hydrogen-bond acceptors (Lipinski definition) is 22. The monoisotopic (exact) mass is 1200 g/mol. The highest BCUT2D eigenvalue weighted by molar-refractivity contribution is 7.84. The maximum atomic E-state index is 14.1. The molecule has 0 saturated heterocycles. The zero-order chi connectivity index (χ0) is 59.6. The van der Waals surface area contributed by atoms with Gasteiger partial charge in [-0.2, -0.15) is 0 Å². The lowest BCUT2D eigenvalue weighted by Gasteiger charge is -2.32. The van der Waals surface area contributed by atoms with Crippen LogP contribution in [0.25, 0.3) is 10.7 Å². The number of aromatic nitrogens is 4. The first kappa shape index (κ1) is 68.9. The smallest absolute Gasteiger partial charge is 0.271 e. The molecule has 80 heavy (non-hydrogen) atoms. The lowest BCUT2D eigenvalue weighted by Crippen LogP contribution is -2.58. The van der Waals surface area contributed by atoms with Crippen molar-refractivity contribution in [3.05, 3.63) is 37.5 Å². The summed E-state index contributed by atoms with van der Waals surface area (Å²) in [4.78, 5) is 109. The summed E-state index contributed by atoms with van der Waals surface area (Å²) < 4.78 is 12.6. The number of aliphatic hydroxyl groups excluding tert-OH is 2. The van der Waals surface area contributed by atoms with Crippen LogP contribution in [0, 0.1) is 18.8 Å². The molecule has 9 atom stereocenters. The second-order valence-electron chi connectivity index (χ2n) is 19.7. The van der Waals surface area contributed by atoms with Crippen molar-refractivity contribution < 1.29 is 48.0 Å². The van der Waals surface area contributed by atoms with Crippen LogP contribution >= 0.6 is 34.3 Å². The van der Waals surface area contributed by atoms with E-state index >= 15 is 0 Å². The van der Waals surface area contributed by atoms with Crippen LogP contribution in [0.5, 0.6) is 0 Å². The van der Waals surface area contributed by atoms with E-state index in [2.05, 4.69) is 62.5 Å². The van der Waals surface area contributed by atoms with Gasteiger partial charge in [0, 0.05) is 66.2 Å². The van der Waals surface area contributed by atoms with Crippen LogP contribution < -0.4 is 71.2 Å². The number of nitrogen functional groups attached to an aromatic ring is 1. The number of nitrogens with two attached hydrogens (primary N) is 5. The molecule has 0 saturated carbocycles. The van der Waals surface area contributed by atoms with Crippen LogP contribution in [0.15, 0.2) is 5.38 Å². The van der Waals surface area contributed by atoms with Crippen LogP contribution in [0.2, 0.25) is 4.34 Å². The summed E-state index contributed by atoms with van der Waals surface area (Å²) in [6.07, 6.45) is 2.10. The molecule has 0 radical (unpaired) electrons. The van der Waals surface area contributed by atoms with Gasteiger partial charge in [-0.25, -0.2) is 19.9 Å². The number of nitrogens with zero attached hydrogens (tertiary/aromatic N) is 4. The van der Waals surface area contributed by atoms with Gasteiger partial charge in [-0.3, -0.25) is 37.8 Å². The quantitative estimate of drug-likeness (QED) is 0.0274. The number of carbonyl (C=O) groups is 7. The van der Waals surface area contributed by atoms with Gasteiger partial charge in [-0.05, 0) is 91.0 Å². The molecular formula is C49H82ClN17O10S3. The normalized spacial score (nSPS) is 14.9. The van der Waals surface area contributed by atoms with Crippen molar-refractivity contribution >= 4 is 92.2 Å². The molecule has 3 aromatic heterocycles. The van der Waals surface area contributed by atoms with Crippen LogP contribution in [0.4, 0.5) is 5.82 Å². The van der Waals surface area contributed by atoms with E-state index in [1.54, 1.807) is 5.38 Å². The molecule has 0 aliphatic heterocycles. The number of carbonyl (C=O) groups excluding carboxylic acids is 7. The first-order valence-electron chi connectivity index (χ1n) is 26.4. The first-order valence-corrected chi connectivity index (χ1v) is 30.2. The molecule has 27 nitrogen and oxygen atoms in total. The van der Waals surface area contributed by atoms with Gasteiger partial charge in [0.25, 0.3) is 11.8 Å². The lowest BCUT2D eigenvalue weighted by molar-refractivity contribution is -0.136. The topological polar surface area (TPSA) is 455 Å². The molecule has 0 bridgehead atoms. The van der Waals surface area contributed by atoms with Crippen molar-refractivity contribution in [3.8, 4) is 10.7 Å². The minimum Gasteiger partial charge on any atom is -0.391 e. The Hall–Kier alpha value is -5.41. The molecule has 3 heterocycles. The maximum absolute atomic E-state index is 14.1. The molecule has 448 valence electrons. The largest absolute Gasteiger partial charge is 0.391 e. The third-order valence-corrected chi connectivity index (χ3v) is 15.4. The number of aliphatic hydroxyl groups is 2. The average molecular weight is 1200 g/mol. The van der Waals surface area contributed by atoms with Gasteiger partial charge in [0.1, 0.15) is 50.2 Å². The Morgan fingerprint density at radius 3 is 2.09 bits per heavy atom. The van der Waals surface area contributed by atoms with Crippen LogP contribution in [0.3, 0.4) is 0 Å². The summed E-state index contributed by atoms with van der Waals surface area (Å²) in [5.41, 5.74) is 28.6. The number of rotatable bonds is 39. The molecule has 20 N–H and O–H groups in total. The Morgan fingerprint density at radius 1 is 0.812 bits per heavy atom. The first-order chi connectivity index (χ1) is 37.8. The predicted octanol–water partition coefficient (Wildman–Crippen LogP) is -2.03. The predicted molar refractivity (Wildman–Crippen MR) is 308 cm³/mol. The Labute approximate surface area is 481 Å². The molecule has 0 spiro atoms. The summed E-state index contributed by atoms with van der Waals surface area (Å²) >= 11 is 8.94. The standard InChI is InChI=1S/C49H82ClN17O10S3/c1-25(2)21-31(62-46(74)30(12-20-80(6)77)61-48(76)36-26(3)41(54)67-43(65-36)32(22-34(53)69)60-23-29(52)42(55)71)39(70)27(4)44(72)66-37(28(5)68)47(75)59-19-11-35-64-38(40(50)79-35)49-63-33(24-78-49)45(73)58-18-10-17-57-15-8-7-14-56-16-9-13-51/h24-25,27-32,37,39,56-57,60,68,70H,7-23,51-52H2,1-6H3,(H2,53,69)(H2,55,71)(H,58,73)(H,59,75)(H,61,76)(H,62,74)(H,66,72)(H2,54,65,67)/t27-,28+,29-,30-,31+,32-,37-,39-,80?/m0/s1. The Bertz CT molecular complexity index is 2540. The Balaban J connectivity index is 1.63. The van der Waals surface area contributed by atoms with Gasteiger partial charge < -0.3 is 81.4 Å². The Morgan fingerprint density at radius 2 is 1.48 bits per heavy atom. The zero-order valence-corrected chi connectivity index (χ0v) is 49.4. The van der Waals surface area contributed by atoms with E-state index in [0.29, 0.717) is 33.1 Å². The lowest BCUT2D eigenvalue weighted by atomic mass is 9.90. The van der Waals surface area contributed by atoms with E-state index in [1.165, 1.54) is 49.7 Å². The van der Waals surface area contributed by atoms with E-state index in [-0.39, 0.29) is 78.5 Å². The molecule has 0 aliphatic carbocycles. The molecule has 1 unspecified atom stereocenters. The van der Waals surface area contributed by atoms with Crippen molar-refractivity contribution in [1.29, 1.82) is 0 Å². The SMILES string of the molecule is Cc1c(N)nc([C@H](CC(N)=O)NC[C@H](N)C(N)=O)nc1C(=O)N[C@@H](CCS(C)=O)C(=O)N[C@H](CC(C)C)[C@@H](O)[C@H](C)C(=O)N[C@H](C(=O)NCCc1nc(-c2nc(C(=O)NCCCNCCCCNCCCN)cs2)c(Cl)s1)[C@@H](C)O. The molecule has 0 fully saturated rings. The molecule has 3 rings (SSSR count). The number of primary amides is 2.